The smallest absolute Gasteiger partial charge is 0.303 e. The van der Waals surface area contributed by atoms with Crippen molar-refractivity contribution >= 4 is 48.2 Å². The molecule has 1 saturated heterocycles. The summed E-state index contributed by atoms with van der Waals surface area (Å²) in [6, 6.07) is 11.8. The van der Waals surface area contributed by atoms with Crippen LogP contribution in [0, 0.1) is 4.77 Å². The van der Waals surface area contributed by atoms with E-state index in [4.69, 9.17) is 40.3 Å². The van der Waals surface area contributed by atoms with Gasteiger partial charge in [0.05, 0.1) is 12.0 Å². The van der Waals surface area contributed by atoms with Gasteiger partial charge < -0.3 is 28.1 Å². The third-order valence-electron chi connectivity index (χ3n) is 6.20. The number of esters is 4. The molecule has 5 unspecified atom stereocenters. The average Bonchev–Trinajstić information content (AvgIpc) is 3.48. The van der Waals surface area contributed by atoms with Crippen LogP contribution in [0.4, 0.5) is 0 Å². The highest BCUT2D eigenvalue weighted by molar-refractivity contribution is 7.71. The molecule has 4 rings (SSSR count). The Morgan fingerprint density at radius 1 is 0.864 bits per heavy atom. The number of hydrogen-bond donors (Lipinski definition) is 0. The van der Waals surface area contributed by atoms with Crippen LogP contribution in [0.25, 0.3) is 17.8 Å². The predicted octanol–water partition coefficient (Wildman–Crippen LogP) is 2.78. The van der Waals surface area contributed by atoms with Gasteiger partial charge in [-0.15, -0.1) is 0 Å². The number of hydrogen-bond acceptors (Lipinski definition) is 13. The molecule has 0 saturated carbocycles. The summed E-state index contributed by atoms with van der Waals surface area (Å²) < 4.78 is 35.4. The van der Waals surface area contributed by atoms with Crippen LogP contribution < -0.4 is 5.56 Å². The lowest BCUT2D eigenvalue weighted by Gasteiger charge is -2.44. The lowest BCUT2D eigenvalue weighted by Crippen LogP contribution is -2.61. The van der Waals surface area contributed by atoms with Gasteiger partial charge in [-0.05, 0) is 48.6 Å². The van der Waals surface area contributed by atoms with E-state index in [-0.39, 0.29) is 10.5 Å². The van der Waals surface area contributed by atoms with Gasteiger partial charge in [-0.1, -0.05) is 18.2 Å². The van der Waals surface area contributed by atoms with Crippen LogP contribution in [0.2, 0.25) is 0 Å². The summed E-state index contributed by atoms with van der Waals surface area (Å²) in [6.45, 7) is 4.05. The second kappa shape index (κ2) is 14.1. The monoisotopic (exact) mass is 627 g/mol. The van der Waals surface area contributed by atoms with Gasteiger partial charge in [0.25, 0.3) is 5.56 Å². The molecule has 14 nitrogen and oxygen atoms in total. The fraction of sp³-hybridized carbons (Fsp3) is 0.345. The second-order valence-electron chi connectivity index (χ2n) is 9.53. The maximum atomic E-state index is 13.7. The summed E-state index contributed by atoms with van der Waals surface area (Å²) in [6.07, 6.45) is -2.72. The molecular weight excluding hydrogens is 598 g/mol. The highest BCUT2D eigenvalue weighted by Gasteiger charge is 2.53. The molecule has 0 N–H and O–H groups in total. The summed E-state index contributed by atoms with van der Waals surface area (Å²) in [4.78, 5) is 62.1. The fourth-order valence-corrected chi connectivity index (χ4v) is 4.86. The molecule has 0 bridgehead atoms. The van der Waals surface area contributed by atoms with E-state index in [1.165, 1.54) is 23.0 Å². The molecule has 15 heteroatoms. The minimum atomic E-state index is -1.50. The van der Waals surface area contributed by atoms with Crippen LogP contribution in [0.3, 0.4) is 0 Å². The van der Waals surface area contributed by atoms with E-state index < -0.39 is 66.7 Å². The maximum Gasteiger partial charge on any atom is 0.303 e. The number of furan rings is 1. The van der Waals surface area contributed by atoms with Gasteiger partial charge in [-0.3, -0.25) is 28.5 Å². The van der Waals surface area contributed by atoms with E-state index >= 15 is 0 Å². The number of benzene rings is 1. The SMILES string of the molecule is CC(=O)OCC1OC(n2nc(/C=C/c3ccco3)c(=O)n(-c3ccccc3)c2=S)C(OC(C)=O)C(OC(C)=O)C1OC(C)=O. The third-order valence-corrected chi connectivity index (χ3v) is 6.56. The first kappa shape index (κ1) is 32.0. The van der Waals surface area contributed by atoms with Crippen LogP contribution in [0.1, 0.15) is 45.4 Å². The minimum Gasteiger partial charge on any atom is -0.465 e. The first-order chi connectivity index (χ1) is 21.0. The molecule has 1 aliphatic heterocycles. The molecule has 232 valence electrons. The number of nitrogens with zero attached hydrogens (tertiary/aromatic N) is 3. The van der Waals surface area contributed by atoms with Crippen LogP contribution >= 0.6 is 12.2 Å². The molecule has 0 amide bonds. The van der Waals surface area contributed by atoms with Gasteiger partial charge in [0.2, 0.25) is 4.77 Å². The number of rotatable bonds is 9. The summed E-state index contributed by atoms with van der Waals surface area (Å²) >= 11 is 5.72. The number of carbonyl (C=O) groups is 4. The normalized spacial score (nSPS) is 21.4. The zero-order valence-corrected chi connectivity index (χ0v) is 24.9. The fourth-order valence-electron chi connectivity index (χ4n) is 4.53. The van der Waals surface area contributed by atoms with Crippen molar-refractivity contribution in [2.75, 3.05) is 6.61 Å². The van der Waals surface area contributed by atoms with Crippen LogP contribution in [0.5, 0.6) is 0 Å². The average molecular weight is 628 g/mol. The maximum absolute atomic E-state index is 13.7. The molecule has 3 heterocycles. The zero-order valence-electron chi connectivity index (χ0n) is 24.1. The molecule has 2 aromatic heterocycles. The minimum absolute atomic E-state index is 0.119. The Morgan fingerprint density at radius 3 is 2.09 bits per heavy atom. The van der Waals surface area contributed by atoms with E-state index in [2.05, 4.69) is 5.10 Å². The second-order valence-corrected chi connectivity index (χ2v) is 9.89. The number of carbonyl (C=O) groups excluding carboxylic acids is 4. The van der Waals surface area contributed by atoms with E-state index in [1.54, 1.807) is 42.5 Å². The molecule has 3 aromatic rings. The molecule has 0 aliphatic carbocycles. The standard InChI is InChI=1S/C29H29N3O11S/c1-16(33)39-15-23-24(40-17(2)34)25(41-18(3)35)26(42-19(4)36)28(43-23)32-29(44)31(20-9-6-5-7-10-20)27(37)22(30-32)13-12-21-11-8-14-38-21/h5-14,23-26,28H,15H2,1-4H3/b13-12+. The lowest BCUT2D eigenvalue weighted by molar-refractivity contribution is -0.271. The van der Waals surface area contributed by atoms with Gasteiger partial charge in [0.1, 0.15) is 24.2 Å². The zero-order chi connectivity index (χ0) is 32.0. The Labute approximate surface area is 255 Å². The topological polar surface area (TPSA) is 167 Å². The molecule has 1 fully saturated rings. The van der Waals surface area contributed by atoms with Crippen molar-refractivity contribution in [2.45, 2.75) is 58.3 Å². The first-order valence-electron chi connectivity index (χ1n) is 13.3. The van der Waals surface area contributed by atoms with Crippen molar-refractivity contribution in [3.63, 3.8) is 0 Å². The summed E-state index contributed by atoms with van der Waals surface area (Å²) in [5.41, 5.74) is -0.325. The van der Waals surface area contributed by atoms with Crippen molar-refractivity contribution in [1.82, 2.24) is 14.3 Å². The third kappa shape index (κ3) is 7.54. The molecule has 44 heavy (non-hydrogen) atoms. The van der Waals surface area contributed by atoms with Gasteiger partial charge in [0, 0.05) is 27.7 Å². The van der Waals surface area contributed by atoms with Crippen molar-refractivity contribution in [2.24, 2.45) is 0 Å². The Kier molecular flexibility index (Phi) is 10.2. The van der Waals surface area contributed by atoms with Gasteiger partial charge in [-0.2, -0.15) is 5.10 Å². The number of aromatic nitrogens is 3. The summed E-state index contributed by atoms with van der Waals surface area (Å²) in [7, 11) is 0. The van der Waals surface area contributed by atoms with Crippen LogP contribution in [-0.2, 0) is 42.9 Å². The van der Waals surface area contributed by atoms with E-state index in [1.807, 2.05) is 0 Å². The molecule has 0 spiro atoms. The van der Waals surface area contributed by atoms with Crippen molar-refractivity contribution < 1.29 is 47.3 Å². The molecule has 0 radical (unpaired) electrons. The Hall–Kier alpha value is -4.89. The molecule has 1 aliphatic rings. The Bertz CT molecular complexity index is 1660. The number of ether oxygens (including phenoxy) is 5. The van der Waals surface area contributed by atoms with E-state index in [0.717, 1.165) is 32.4 Å². The van der Waals surface area contributed by atoms with Crippen LogP contribution in [-0.4, -0.2) is 69.2 Å². The number of para-hydroxylation sites is 1. The Morgan fingerprint density at radius 2 is 1.50 bits per heavy atom. The predicted molar refractivity (Wildman–Crippen MR) is 153 cm³/mol. The quantitative estimate of drug-likeness (QED) is 0.193. The highest BCUT2D eigenvalue weighted by atomic mass is 32.1. The van der Waals surface area contributed by atoms with E-state index in [9.17, 15) is 24.0 Å². The van der Waals surface area contributed by atoms with Crippen molar-refractivity contribution in [3.05, 3.63) is 75.3 Å². The van der Waals surface area contributed by atoms with Crippen molar-refractivity contribution in [3.8, 4) is 5.69 Å². The molecule has 5 atom stereocenters. The molecule has 1 aromatic carbocycles. The summed E-state index contributed by atoms with van der Waals surface area (Å²) in [5.74, 6) is -2.62. The van der Waals surface area contributed by atoms with Gasteiger partial charge in [0.15, 0.2) is 24.5 Å². The highest BCUT2D eigenvalue weighted by Crippen LogP contribution is 2.34. The van der Waals surface area contributed by atoms with E-state index in [0.29, 0.717) is 11.4 Å². The van der Waals surface area contributed by atoms with Gasteiger partial charge in [-0.25, -0.2) is 4.68 Å². The lowest BCUT2D eigenvalue weighted by atomic mass is 9.97. The first-order valence-corrected chi connectivity index (χ1v) is 13.7. The molecular formula is C29H29N3O11S. The largest absolute Gasteiger partial charge is 0.465 e. The Balaban J connectivity index is 1.96. The summed E-state index contributed by atoms with van der Waals surface area (Å²) in [5, 5.41) is 4.45. The van der Waals surface area contributed by atoms with Gasteiger partial charge >= 0.3 is 23.9 Å². The van der Waals surface area contributed by atoms with Crippen molar-refractivity contribution in [1.29, 1.82) is 0 Å². The van der Waals surface area contributed by atoms with Crippen LogP contribution in [0.15, 0.2) is 57.9 Å².